The predicted octanol–water partition coefficient (Wildman–Crippen LogP) is 4.35. The molecule has 3 heterocycles. The minimum absolute atomic E-state index is 0.0720. The van der Waals surface area contributed by atoms with Crippen molar-refractivity contribution in [2.75, 3.05) is 52.4 Å². The van der Waals surface area contributed by atoms with Crippen LogP contribution in [0.3, 0.4) is 0 Å². The molecule has 0 radical (unpaired) electrons. The van der Waals surface area contributed by atoms with Crippen molar-refractivity contribution in [3.8, 4) is 28.4 Å². The summed E-state index contributed by atoms with van der Waals surface area (Å²) in [6, 6.07) is 13.7. The van der Waals surface area contributed by atoms with Crippen LogP contribution < -0.4 is 19.1 Å². The van der Waals surface area contributed by atoms with E-state index in [4.69, 9.17) is 14.2 Å². The number of hydrogen-bond donors (Lipinski definition) is 0. The lowest BCUT2D eigenvalue weighted by Gasteiger charge is -2.36. The van der Waals surface area contributed by atoms with Crippen LogP contribution in [0.25, 0.3) is 21.3 Å². The summed E-state index contributed by atoms with van der Waals surface area (Å²) >= 11 is 1.62. The van der Waals surface area contributed by atoms with Gasteiger partial charge in [-0.25, -0.2) is 9.97 Å². The molecule has 0 atom stereocenters. The maximum atomic E-state index is 13.3. The first-order valence-electron chi connectivity index (χ1n) is 11.3. The van der Waals surface area contributed by atoms with E-state index in [-0.39, 0.29) is 5.91 Å². The summed E-state index contributed by atoms with van der Waals surface area (Å²) in [4.78, 5) is 27.5. The number of aromatic nitrogens is 2. The fourth-order valence-electron chi connectivity index (χ4n) is 4.44. The molecular weight excluding hydrogens is 464 g/mol. The summed E-state index contributed by atoms with van der Waals surface area (Å²) in [6.45, 7) is 2.50. The largest absolute Gasteiger partial charge is 0.493 e. The normalized spacial score (nSPS) is 13.7. The maximum Gasteiger partial charge on any atom is 0.254 e. The Morgan fingerprint density at radius 2 is 1.60 bits per heavy atom. The minimum atomic E-state index is -0.0720. The number of piperazine rings is 1. The third-order valence-electron chi connectivity index (χ3n) is 6.21. The van der Waals surface area contributed by atoms with Gasteiger partial charge in [-0.05, 0) is 17.7 Å². The highest BCUT2D eigenvalue weighted by Crippen LogP contribution is 2.39. The van der Waals surface area contributed by atoms with Crippen LogP contribution >= 0.6 is 11.3 Å². The Morgan fingerprint density at radius 3 is 2.23 bits per heavy atom. The Labute approximate surface area is 207 Å². The number of amides is 1. The van der Waals surface area contributed by atoms with Crippen molar-refractivity contribution in [2.24, 2.45) is 0 Å². The van der Waals surface area contributed by atoms with Crippen LogP contribution in [0.1, 0.15) is 10.4 Å². The van der Waals surface area contributed by atoms with Gasteiger partial charge in [0.25, 0.3) is 5.91 Å². The monoisotopic (exact) mass is 490 g/mol. The van der Waals surface area contributed by atoms with Crippen molar-refractivity contribution in [3.63, 3.8) is 0 Å². The van der Waals surface area contributed by atoms with E-state index in [1.807, 2.05) is 23.1 Å². The van der Waals surface area contributed by atoms with E-state index in [1.165, 1.54) is 0 Å². The van der Waals surface area contributed by atoms with E-state index in [2.05, 4.69) is 32.4 Å². The highest BCUT2D eigenvalue weighted by Gasteiger charge is 2.27. The van der Waals surface area contributed by atoms with Gasteiger partial charge in [-0.2, -0.15) is 0 Å². The van der Waals surface area contributed by atoms with Crippen molar-refractivity contribution in [1.29, 1.82) is 0 Å². The Hall–Kier alpha value is -3.85. The molecule has 0 unspecified atom stereocenters. The number of benzene rings is 2. The third-order valence-corrected chi connectivity index (χ3v) is 7.10. The van der Waals surface area contributed by atoms with Gasteiger partial charge in [-0.15, -0.1) is 11.3 Å². The number of ether oxygens (including phenoxy) is 3. The average Bonchev–Trinajstić information content (AvgIpc) is 3.37. The molecular formula is C26H26N4O4S. The topological polar surface area (TPSA) is 77.0 Å². The van der Waals surface area contributed by atoms with Crippen LogP contribution in [-0.4, -0.2) is 68.3 Å². The first kappa shape index (κ1) is 22.9. The number of hydrogen-bond acceptors (Lipinski definition) is 8. The average molecular weight is 491 g/mol. The number of thiophene rings is 1. The minimum Gasteiger partial charge on any atom is -0.493 e. The third kappa shape index (κ3) is 4.23. The molecule has 9 heteroatoms. The van der Waals surface area contributed by atoms with Crippen molar-refractivity contribution in [3.05, 3.63) is 59.7 Å². The van der Waals surface area contributed by atoms with Crippen molar-refractivity contribution < 1.29 is 19.0 Å². The van der Waals surface area contributed by atoms with Gasteiger partial charge in [0.2, 0.25) is 5.75 Å². The number of anilines is 1. The molecule has 0 spiro atoms. The molecule has 0 aliphatic carbocycles. The van der Waals surface area contributed by atoms with Crippen molar-refractivity contribution >= 4 is 33.3 Å². The van der Waals surface area contributed by atoms with Gasteiger partial charge in [0.15, 0.2) is 11.5 Å². The summed E-state index contributed by atoms with van der Waals surface area (Å²) in [7, 11) is 4.63. The van der Waals surface area contributed by atoms with Gasteiger partial charge in [0.05, 0.1) is 26.7 Å². The predicted molar refractivity (Wildman–Crippen MR) is 137 cm³/mol. The van der Waals surface area contributed by atoms with Gasteiger partial charge in [-0.1, -0.05) is 30.3 Å². The van der Waals surface area contributed by atoms with Crippen molar-refractivity contribution in [2.45, 2.75) is 0 Å². The lowest BCUT2D eigenvalue weighted by atomic mass is 10.1. The Balaban J connectivity index is 1.38. The SMILES string of the molecule is COc1cc(C(=O)N2CCN(c3ncnc4scc(-c5ccccc5)c34)CC2)cc(OC)c1OC. The molecule has 1 fully saturated rings. The number of carbonyl (C=O) groups excluding carboxylic acids is 1. The van der Waals surface area contributed by atoms with Crippen LogP contribution in [-0.2, 0) is 0 Å². The lowest BCUT2D eigenvalue weighted by Crippen LogP contribution is -2.49. The number of methoxy groups -OCH3 is 3. The summed E-state index contributed by atoms with van der Waals surface area (Å²) in [6.07, 6.45) is 1.62. The van der Waals surface area contributed by atoms with Gasteiger partial charge in [-0.3, -0.25) is 4.79 Å². The number of nitrogens with zero attached hydrogens (tertiary/aromatic N) is 4. The first-order chi connectivity index (χ1) is 17.1. The molecule has 1 amide bonds. The second-order valence-electron chi connectivity index (χ2n) is 8.09. The zero-order chi connectivity index (χ0) is 24.4. The molecule has 2 aromatic heterocycles. The van der Waals surface area contributed by atoms with Crippen LogP contribution in [0.5, 0.6) is 17.2 Å². The molecule has 1 aliphatic rings. The van der Waals surface area contributed by atoms with E-state index < -0.39 is 0 Å². The van der Waals surface area contributed by atoms with Gasteiger partial charge in [0.1, 0.15) is 17.0 Å². The molecule has 2 aromatic carbocycles. The molecule has 0 bridgehead atoms. The van der Waals surface area contributed by atoms with E-state index in [0.717, 1.165) is 27.2 Å². The highest BCUT2D eigenvalue weighted by atomic mass is 32.1. The number of rotatable bonds is 6. The molecule has 35 heavy (non-hydrogen) atoms. The summed E-state index contributed by atoms with van der Waals surface area (Å²) in [5, 5.41) is 3.20. The number of fused-ring (bicyclic) bond motifs is 1. The quantitative estimate of drug-likeness (QED) is 0.398. The fraction of sp³-hybridized carbons (Fsp3) is 0.269. The molecule has 4 aromatic rings. The molecule has 1 saturated heterocycles. The standard InChI is InChI=1S/C26H26N4O4S/c1-32-20-13-18(14-21(33-2)23(20)34-3)26(31)30-11-9-29(10-12-30)24-22-19(17-7-5-4-6-8-17)15-35-25(22)28-16-27-24/h4-8,13-16H,9-12H2,1-3H3. The Morgan fingerprint density at radius 1 is 0.914 bits per heavy atom. The molecule has 0 N–H and O–H groups in total. The van der Waals surface area contributed by atoms with Crippen LogP contribution in [0.2, 0.25) is 0 Å². The van der Waals surface area contributed by atoms with Gasteiger partial charge < -0.3 is 24.0 Å². The van der Waals surface area contributed by atoms with Crippen molar-refractivity contribution in [1.82, 2.24) is 14.9 Å². The fourth-order valence-corrected chi connectivity index (χ4v) is 5.35. The Kier molecular flexibility index (Phi) is 6.41. The van der Waals surface area contributed by atoms with Crippen LogP contribution in [0.15, 0.2) is 54.2 Å². The second kappa shape index (κ2) is 9.79. The van der Waals surface area contributed by atoms with Crippen LogP contribution in [0, 0.1) is 0 Å². The summed E-state index contributed by atoms with van der Waals surface area (Å²) in [5.74, 6) is 2.23. The van der Waals surface area contributed by atoms with E-state index in [9.17, 15) is 4.79 Å². The molecule has 1 aliphatic heterocycles. The molecule has 8 nitrogen and oxygen atoms in total. The second-order valence-corrected chi connectivity index (χ2v) is 8.94. The number of carbonyl (C=O) groups is 1. The molecule has 5 rings (SSSR count). The first-order valence-corrected chi connectivity index (χ1v) is 12.1. The maximum absolute atomic E-state index is 13.3. The summed E-state index contributed by atoms with van der Waals surface area (Å²) < 4.78 is 16.2. The highest BCUT2D eigenvalue weighted by molar-refractivity contribution is 7.17. The Bertz CT molecular complexity index is 1330. The zero-order valence-electron chi connectivity index (χ0n) is 19.9. The van der Waals surface area contributed by atoms with E-state index in [1.54, 1.807) is 51.1 Å². The smallest absolute Gasteiger partial charge is 0.254 e. The lowest BCUT2D eigenvalue weighted by molar-refractivity contribution is 0.0745. The molecule has 0 saturated carbocycles. The summed E-state index contributed by atoms with van der Waals surface area (Å²) in [5.41, 5.74) is 2.78. The van der Waals surface area contributed by atoms with E-state index in [0.29, 0.717) is 49.0 Å². The van der Waals surface area contributed by atoms with Gasteiger partial charge >= 0.3 is 0 Å². The zero-order valence-corrected chi connectivity index (χ0v) is 20.7. The van der Waals surface area contributed by atoms with Gasteiger partial charge in [0, 0.05) is 42.7 Å². The van der Waals surface area contributed by atoms with Crippen LogP contribution in [0.4, 0.5) is 5.82 Å². The molecule has 180 valence electrons. The van der Waals surface area contributed by atoms with E-state index >= 15 is 0 Å².